The van der Waals surface area contributed by atoms with E-state index in [0.717, 1.165) is 11.3 Å². The maximum atomic E-state index is 12.6. The summed E-state index contributed by atoms with van der Waals surface area (Å²) < 4.78 is 7.30. The predicted octanol–water partition coefficient (Wildman–Crippen LogP) is 4.29. The molecule has 1 aromatic heterocycles. The van der Waals surface area contributed by atoms with Crippen LogP contribution in [0.5, 0.6) is 11.5 Å². The van der Waals surface area contributed by atoms with Crippen molar-refractivity contribution >= 4 is 35.0 Å². The van der Waals surface area contributed by atoms with Crippen molar-refractivity contribution in [2.45, 2.75) is 12.1 Å². The molecule has 172 valence electrons. The van der Waals surface area contributed by atoms with Gasteiger partial charge in [0.05, 0.1) is 5.75 Å². The molecule has 0 aliphatic rings. The minimum atomic E-state index is -0.254. The third kappa shape index (κ3) is 6.20. The summed E-state index contributed by atoms with van der Waals surface area (Å²) >= 11 is 1.23. The van der Waals surface area contributed by atoms with Crippen LogP contribution < -0.4 is 15.4 Å². The molecule has 0 saturated heterocycles. The largest absolute Gasteiger partial charge is 0.457 e. The van der Waals surface area contributed by atoms with E-state index in [-0.39, 0.29) is 17.6 Å². The molecule has 0 radical (unpaired) electrons. The first kappa shape index (κ1) is 23.0. The highest BCUT2D eigenvalue weighted by Crippen LogP contribution is 2.23. The second-order valence-electron chi connectivity index (χ2n) is 7.39. The van der Waals surface area contributed by atoms with E-state index in [1.807, 2.05) is 31.2 Å². The van der Waals surface area contributed by atoms with Gasteiger partial charge in [0.25, 0.3) is 5.91 Å². The Morgan fingerprint density at radius 1 is 0.882 bits per heavy atom. The number of aryl methyl sites for hydroxylation is 2. The zero-order valence-electron chi connectivity index (χ0n) is 18.6. The van der Waals surface area contributed by atoms with Crippen molar-refractivity contribution in [1.29, 1.82) is 0 Å². The van der Waals surface area contributed by atoms with Crippen molar-refractivity contribution in [3.8, 4) is 11.5 Å². The number of nitrogens with zero attached hydrogens (tertiary/aromatic N) is 4. The van der Waals surface area contributed by atoms with Crippen molar-refractivity contribution in [3.63, 3.8) is 0 Å². The lowest BCUT2D eigenvalue weighted by atomic mass is 10.2. The molecule has 0 unspecified atom stereocenters. The van der Waals surface area contributed by atoms with Gasteiger partial charge in [0.1, 0.15) is 11.5 Å². The van der Waals surface area contributed by atoms with Crippen molar-refractivity contribution in [3.05, 3.63) is 83.9 Å². The van der Waals surface area contributed by atoms with Crippen LogP contribution >= 0.6 is 11.8 Å². The molecule has 0 aliphatic heterocycles. The Morgan fingerprint density at radius 3 is 2.09 bits per heavy atom. The van der Waals surface area contributed by atoms with Crippen LogP contribution in [0, 0.1) is 6.92 Å². The number of ether oxygens (including phenoxy) is 1. The Hall–Kier alpha value is -4.18. The van der Waals surface area contributed by atoms with E-state index in [1.165, 1.54) is 16.4 Å². The lowest BCUT2D eigenvalue weighted by Crippen LogP contribution is -2.15. The number of hydrogen-bond acceptors (Lipinski definition) is 7. The molecule has 0 bridgehead atoms. The van der Waals surface area contributed by atoms with Crippen molar-refractivity contribution in [1.82, 2.24) is 20.2 Å². The summed E-state index contributed by atoms with van der Waals surface area (Å²) in [6.45, 7) is 2.02. The molecule has 0 spiro atoms. The Morgan fingerprint density at radius 2 is 1.47 bits per heavy atom. The molecular formula is C24H22N6O3S. The minimum absolute atomic E-state index is 0.167. The number of tetrazole rings is 1. The van der Waals surface area contributed by atoms with Gasteiger partial charge in [-0.2, -0.15) is 0 Å². The number of amides is 2. The highest BCUT2D eigenvalue weighted by Gasteiger charge is 2.10. The molecule has 4 rings (SSSR count). The molecule has 3 aromatic carbocycles. The first-order valence-electron chi connectivity index (χ1n) is 10.4. The highest BCUT2D eigenvalue weighted by atomic mass is 32.2. The van der Waals surface area contributed by atoms with Crippen LogP contribution in [0.15, 0.2) is 78.0 Å². The minimum Gasteiger partial charge on any atom is -0.457 e. The average Bonchev–Trinajstić information content (AvgIpc) is 3.25. The van der Waals surface area contributed by atoms with Gasteiger partial charge in [-0.25, -0.2) is 4.68 Å². The van der Waals surface area contributed by atoms with Gasteiger partial charge in [0.15, 0.2) is 0 Å². The third-order valence-electron chi connectivity index (χ3n) is 4.71. The van der Waals surface area contributed by atoms with Crippen LogP contribution in [0.4, 0.5) is 11.4 Å². The van der Waals surface area contributed by atoms with E-state index in [4.69, 9.17) is 4.74 Å². The molecule has 0 atom stereocenters. The Kier molecular flexibility index (Phi) is 7.19. The normalized spacial score (nSPS) is 10.5. The molecule has 0 aliphatic carbocycles. The number of nitrogens with one attached hydrogen (secondary N) is 2. The zero-order chi connectivity index (χ0) is 23.9. The first-order chi connectivity index (χ1) is 16.5. The molecule has 4 aromatic rings. The summed E-state index contributed by atoms with van der Waals surface area (Å²) in [5.41, 5.74) is 2.87. The summed E-state index contributed by atoms with van der Waals surface area (Å²) in [6, 6.07) is 21.6. The lowest BCUT2D eigenvalue weighted by Gasteiger charge is -2.09. The first-order valence-corrected chi connectivity index (χ1v) is 11.4. The van der Waals surface area contributed by atoms with Crippen molar-refractivity contribution in [2.75, 3.05) is 16.4 Å². The van der Waals surface area contributed by atoms with Gasteiger partial charge in [-0.3, -0.25) is 9.59 Å². The van der Waals surface area contributed by atoms with Gasteiger partial charge in [-0.15, -0.1) is 5.10 Å². The zero-order valence-corrected chi connectivity index (χ0v) is 19.4. The van der Waals surface area contributed by atoms with Gasteiger partial charge in [0, 0.05) is 24.0 Å². The SMILES string of the molecule is Cc1ccc(Oc2ccc(NC(=O)c3ccc(NC(=O)CSc4nnnn4C)cc3)cc2)cc1. The summed E-state index contributed by atoms with van der Waals surface area (Å²) in [4.78, 5) is 24.7. The number of anilines is 2. The second kappa shape index (κ2) is 10.6. The predicted molar refractivity (Wildman–Crippen MR) is 130 cm³/mol. The third-order valence-corrected chi connectivity index (χ3v) is 5.72. The molecule has 2 N–H and O–H groups in total. The van der Waals surface area contributed by atoms with E-state index in [1.54, 1.807) is 55.6 Å². The fourth-order valence-electron chi connectivity index (χ4n) is 2.93. The van der Waals surface area contributed by atoms with E-state index in [2.05, 4.69) is 26.2 Å². The molecule has 10 heteroatoms. The Balaban J connectivity index is 1.28. The number of benzene rings is 3. The summed E-state index contributed by atoms with van der Waals surface area (Å²) in [6.07, 6.45) is 0. The molecule has 9 nitrogen and oxygen atoms in total. The monoisotopic (exact) mass is 474 g/mol. The maximum absolute atomic E-state index is 12.6. The number of hydrogen-bond donors (Lipinski definition) is 2. The Bertz CT molecular complexity index is 1270. The van der Waals surface area contributed by atoms with E-state index < -0.39 is 0 Å². The van der Waals surface area contributed by atoms with Crippen molar-refractivity contribution in [2.24, 2.45) is 7.05 Å². The van der Waals surface area contributed by atoms with Crippen LogP contribution in [0.3, 0.4) is 0 Å². The van der Waals surface area contributed by atoms with Crippen LogP contribution in [-0.2, 0) is 11.8 Å². The Labute approximate surface area is 200 Å². The van der Waals surface area contributed by atoms with Gasteiger partial charge < -0.3 is 15.4 Å². The standard InChI is InChI=1S/C24H22N6O3S/c1-16-3-11-20(12-4-16)33-21-13-9-19(10-14-21)26-23(32)17-5-7-18(8-6-17)25-22(31)15-34-24-27-28-29-30(24)2/h3-14H,15H2,1-2H3,(H,25,31)(H,26,32). The number of rotatable bonds is 8. The van der Waals surface area contributed by atoms with E-state index >= 15 is 0 Å². The lowest BCUT2D eigenvalue weighted by molar-refractivity contribution is -0.113. The number of carbonyl (C=O) groups is 2. The number of thioether (sulfide) groups is 1. The van der Waals surface area contributed by atoms with Crippen LogP contribution in [0.25, 0.3) is 0 Å². The summed E-state index contributed by atoms with van der Waals surface area (Å²) in [5.74, 6) is 1.14. The number of carbonyl (C=O) groups excluding carboxylic acids is 2. The number of aromatic nitrogens is 4. The molecule has 34 heavy (non-hydrogen) atoms. The molecule has 1 heterocycles. The second-order valence-corrected chi connectivity index (χ2v) is 8.34. The van der Waals surface area contributed by atoms with E-state index in [9.17, 15) is 9.59 Å². The molecule has 0 saturated carbocycles. The van der Waals surface area contributed by atoms with Gasteiger partial charge in [-0.05, 0) is 78.0 Å². The fraction of sp³-hybridized carbons (Fsp3) is 0.125. The van der Waals surface area contributed by atoms with Gasteiger partial charge in [0.2, 0.25) is 11.1 Å². The molecular weight excluding hydrogens is 452 g/mol. The highest BCUT2D eigenvalue weighted by molar-refractivity contribution is 7.99. The molecule has 2 amide bonds. The quantitative estimate of drug-likeness (QED) is 0.366. The average molecular weight is 475 g/mol. The van der Waals surface area contributed by atoms with Crippen LogP contribution in [0.1, 0.15) is 15.9 Å². The maximum Gasteiger partial charge on any atom is 0.255 e. The van der Waals surface area contributed by atoms with Crippen molar-refractivity contribution < 1.29 is 14.3 Å². The summed E-state index contributed by atoms with van der Waals surface area (Å²) in [7, 11) is 1.71. The fourth-order valence-corrected chi connectivity index (χ4v) is 3.58. The van der Waals surface area contributed by atoms with Gasteiger partial charge >= 0.3 is 0 Å². The molecule has 0 fully saturated rings. The topological polar surface area (TPSA) is 111 Å². The smallest absolute Gasteiger partial charge is 0.255 e. The van der Waals surface area contributed by atoms with Crippen LogP contribution in [0.2, 0.25) is 0 Å². The summed E-state index contributed by atoms with van der Waals surface area (Å²) in [5, 5.41) is 17.3. The van der Waals surface area contributed by atoms with Crippen LogP contribution in [-0.4, -0.2) is 37.8 Å². The van der Waals surface area contributed by atoms with Gasteiger partial charge in [-0.1, -0.05) is 29.5 Å². The van der Waals surface area contributed by atoms with E-state index in [0.29, 0.717) is 27.8 Å².